The Bertz CT molecular complexity index is 787. The van der Waals surface area contributed by atoms with Crippen molar-refractivity contribution in [2.45, 2.75) is 26.8 Å². The van der Waals surface area contributed by atoms with Crippen molar-refractivity contribution >= 4 is 29.3 Å². The topological polar surface area (TPSA) is 78.1 Å². The number of anilines is 1. The third-order valence-corrected chi connectivity index (χ3v) is 5.25. The highest BCUT2D eigenvalue weighted by molar-refractivity contribution is 7.99. The minimum absolute atomic E-state index is 0.158. The summed E-state index contributed by atoms with van der Waals surface area (Å²) < 4.78 is 0. The molecule has 2 heterocycles. The second-order valence-electron chi connectivity index (χ2n) is 5.96. The molecule has 6 nitrogen and oxygen atoms in total. The fraction of sp³-hybridized carbons (Fsp3) is 0.353. The van der Waals surface area contributed by atoms with Crippen molar-refractivity contribution in [1.29, 1.82) is 0 Å². The SMILES string of the molecule is Cc1cc(C(=O)N2CSCC2C(=O)Nc2cccc(C)c2C)n[nH]1. The number of carbonyl (C=O) groups is 2. The lowest BCUT2D eigenvalue weighted by Gasteiger charge is -2.22. The average Bonchev–Trinajstić information content (AvgIpc) is 3.20. The van der Waals surface area contributed by atoms with E-state index >= 15 is 0 Å². The van der Waals surface area contributed by atoms with Gasteiger partial charge in [0.25, 0.3) is 5.91 Å². The summed E-state index contributed by atoms with van der Waals surface area (Å²) in [5.74, 6) is 0.710. The van der Waals surface area contributed by atoms with Crippen molar-refractivity contribution in [1.82, 2.24) is 15.1 Å². The van der Waals surface area contributed by atoms with Gasteiger partial charge < -0.3 is 10.2 Å². The molecule has 0 aliphatic carbocycles. The van der Waals surface area contributed by atoms with Gasteiger partial charge in [0.15, 0.2) is 0 Å². The number of aromatic amines is 1. The molecule has 7 heteroatoms. The minimum atomic E-state index is -0.487. The minimum Gasteiger partial charge on any atom is -0.324 e. The molecule has 0 spiro atoms. The number of H-pyrrole nitrogens is 1. The molecule has 1 unspecified atom stereocenters. The van der Waals surface area contributed by atoms with Gasteiger partial charge >= 0.3 is 0 Å². The molecule has 3 rings (SSSR count). The zero-order valence-corrected chi connectivity index (χ0v) is 14.7. The fourth-order valence-corrected chi connectivity index (χ4v) is 3.79. The maximum atomic E-state index is 12.7. The first-order valence-corrected chi connectivity index (χ1v) is 8.90. The van der Waals surface area contributed by atoms with Crippen molar-refractivity contribution in [3.05, 3.63) is 46.8 Å². The standard InChI is InChI=1S/C17H20N4O2S/c1-10-5-4-6-13(12(10)3)18-16(22)15-8-24-9-21(15)17(23)14-7-11(2)19-20-14/h4-7,15H,8-9H2,1-3H3,(H,18,22)(H,19,20). The first-order valence-electron chi connectivity index (χ1n) is 7.75. The van der Waals surface area contributed by atoms with Gasteiger partial charge in [-0.05, 0) is 44.0 Å². The normalized spacial score (nSPS) is 17.1. The zero-order chi connectivity index (χ0) is 17.3. The van der Waals surface area contributed by atoms with E-state index in [9.17, 15) is 9.59 Å². The van der Waals surface area contributed by atoms with Crippen LogP contribution in [0.1, 0.15) is 27.3 Å². The van der Waals surface area contributed by atoms with Crippen LogP contribution in [0.4, 0.5) is 5.69 Å². The molecule has 24 heavy (non-hydrogen) atoms. The van der Waals surface area contributed by atoms with Crippen LogP contribution in [-0.4, -0.2) is 44.6 Å². The van der Waals surface area contributed by atoms with Gasteiger partial charge in [0.2, 0.25) is 5.91 Å². The molecule has 2 aromatic rings. The summed E-state index contributed by atoms with van der Waals surface area (Å²) in [4.78, 5) is 26.9. The molecule has 0 radical (unpaired) electrons. The smallest absolute Gasteiger partial charge is 0.275 e. The number of hydrogen-bond donors (Lipinski definition) is 2. The molecule has 126 valence electrons. The van der Waals surface area contributed by atoms with Crippen LogP contribution in [0.5, 0.6) is 0 Å². The van der Waals surface area contributed by atoms with E-state index in [2.05, 4.69) is 15.5 Å². The second kappa shape index (κ2) is 6.68. The fourth-order valence-electron chi connectivity index (χ4n) is 2.64. The third kappa shape index (κ3) is 3.17. The first-order chi connectivity index (χ1) is 11.5. The monoisotopic (exact) mass is 344 g/mol. The predicted octanol–water partition coefficient (Wildman–Crippen LogP) is 2.49. The van der Waals surface area contributed by atoms with Crippen LogP contribution in [-0.2, 0) is 4.79 Å². The number of aromatic nitrogens is 2. The maximum Gasteiger partial charge on any atom is 0.275 e. The Labute approximate surface area is 145 Å². The van der Waals surface area contributed by atoms with E-state index in [0.29, 0.717) is 17.3 Å². The van der Waals surface area contributed by atoms with Gasteiger partial charge in [-0.1, -0.05) is 12.1 Å². The van der Waals surface area contributed by atoms with E-state index in [0.717, 1.165) is 22.5 Å². The highest BCUT2D eigenvalue weighted by Gasteiger charge is 2.36. The third-order valence-electron chi connectivity index (χ3n) is 4.23. The van der Waals surface area contributed by atoms with E-state index < -0.39 is 6.04 Å². The molecule has 1 aromatic carbocycles. The van der Waals surface area contributed by atoms with Crippen LogP contribution in [0.25, 0.3) is 0 Å². The molecule has 1 fully saturated rings. The first kappa shape index (κ1) is 16.6. The highest BCUT2D eigenvalue weighted by atomic mass is 32.2. The Balaban J connectivity index is 1.76. The number of thioether (sulfide) groups is 1. The van der Waals surface area contributed by atoms with Gasteiger partial charge in [0.1, 0.15) is 11.7 Å². The Morgan fingerprint density at radius 3 is 2.83 bits per heavy atom. The van der Waals surface area contributed by atoms with Crippen molar-refractivity contribution in [2.24, 2.45) is 0 Å². The number of aryl methyl sites for hydroxylation is 2. The van der Waals surface area contributed by atoms with E-state index in [-0.39, 0.29) is 11.8 Å². The zero-order valence-electron chi connectivity index (χ0n) is 13.9. The number of hydrogen-bond acceptors (Lipinski definition) is 4. The second-order valence-corrected chi connectivity index (χ2v) is 6.96. The molecular weight excluding hydrogens is 324 g/mol. The van der Waals surface area contributed by atoms with Crippen molar-refractivity contribution in [3.8, 4) is 0 Å². The summed E-state index contributed by atoms with van der Waals surface area (Å²) in [6.07, 6.45) is 0. The number of carbonyl (C=O) groups excluding carboxylic acids is 2. The number of benzene rings is 1. The van der Waals surface area contributed by atoms with Gasteiger partial charge in [0, 0.05) is 17.1 Å². The molecule has 1 aliphatic heterocycles. The van der Waals surface area contributed by atoms with Gasteiger partial charge in [-0.2, -0.15) is 5.10 Å². The molecule has 0 bridgehead atoms. The maximum absolute atomic E-state index is 12.7. The van der Waals surface area contributed by atoms with Gasteiger partial charge in [0.05, 0.1) is 5.88 Å². The Morgan fingerprint density at radius 1 is 1.33 bits per heavy atom. The van der Waals surface area contributed by atoms with Crippen LogP contribution in [0.3, 0.4) is 0 Å². The lowest BCUT2D eigenvalue weighted by molar-refractivity contribution is -0.119. The summed E-state index contributed by atoms with van der Waals surface area (Å²) >= 11 is 1.57. The van der Waals surface area contributed by atoms with E-state index in [1.54, 1.807) is 22.7 Å². The highest BCUT2D eigenvalue weighted by Crippen LogP contribution is 2.25. The van der Waals surface area contributed by atoms with Crippen LogP contribution >= 0.6 is 11.8 Å². The molecule has 1 aliphatic rings. The summed E-state index contributed by atoms with van der Waals surface area (Å²) in [5, 5.41) is 9.73. The molecule has 2 N–H and O–H groups in total. The van der Waals surface area contributed by atoms with Crippen LogP contribution < -0.4 is 5.32 Å². The quantitative estimate of drug-likeness (QED) is 0.897. The van der Waals surface area contributed by atoms with Crippen molar-refractivity contribution in [2.75, 3.05) is 16.9 Å². The summed E-state index contributed by atoms with van der Waals surface area (Å²) in [6, 6.07) is 7.01. The van der Waals surface area contributed by atoms with Crippen molar-refractivity contribution < 1.29 is 9.59 Å². The Kier molecular flexibility index (Phi) is 4.62. The molecule has 1 atom stereocenters. The molecule has 1 saturated heterocycles. The number of nitrogens with zero attached hydrogens (tertiary/aromatic N) is 2. The van der Waals surface area contributed by atoms with Crippen LogP contribution in [0, 0.1) is 20.8 Å². The molecule has 2 amide bonds. The van der Waals surface area contributed by atoms with Crippen molar-refractivity contribution in [3.63, 3.8) is 0 Å². The molecule has 1 aromatic heterocycles. The summed E-state index contributed by atoms with van der Waals surface area (Å²) in [6.45, 7) is 5.82. The largest absolute Gasteiger partial charge is 0.324 e. The number of rotatable bonds is 3. The van der Waals surface area contributed by atoms with E-state index in [1.807, 2.05) is 39.0 Å². The van der Waals surface area contributed by atoms with Gasteiger partial charge in [-0.25, -0.2) is 0 Å². The Hall–Kier alpha value is -2.28. The lowest BCUT2D eigenvalue weighted by Crippen LogP contribution is -2.44. The van der Waals surface area contributed by atoms with E-state index in [1.165, 1.54) is 0 Å². The number of amides is 2. The lowest BCUT2D eigenvalue weighted by atomic mass is 10.1. The van der Waals surface area contributed by atoms with Crippen LogP contribution in [0.15, 0.2) is 24.3 Å². The predicted molar refractivity (Wildman–Crippen MR) is 95.2 cm³/mol. The Morgan fingerprint density at radius 2 is 2.12 bits per heavy atom. The van der Waals surface area contributed by atoms with Crippen LogP contribution in [0.2, 0.25) is 0 Å². The number of nitrogens with one attached hydrogen (secondary N) is 2. The average molecular weight is 344 g/mol. The molecule has 0 saturated carbocycles. The summed E-state index contributed by atoms with van der Waals surface area (Å²) in [7, 11) is 0. The molecular formula is C17H20N4O2S. The van der Waals surface area contributed by atoms with Gasteiger partial charge in [-0.3, -0.25) is 14.7 Å². The van der Waals surface area contributed by atoms with E-state index in [4.69, 9.17) is 0 Å². The summed E-state index contributed by atoms with van der Waals surface area (Å²) in [5.41, 5.74) is 4.12. The van der Waals surface area contributed by atoms with Gasteiger partial charge in [-0.15, -0.1) is 11.8 Å².